The molecule has 0 fully saturated rings. The third kappa shape index (κ3) is 3.60. The number of hydrogen-bond acceptors (Lipinski definition) is 3. The van der Waals surface area contributed by atoms with E-state index in [9.17, 15) is 4.79 Å². The van der Waals surface area contributed by atoms with Crippen molar-refractivity contribution in [2.45, 2.75) is 19.4 Å². The van der Waals surface area contributed by atoms with Crippen molar-refractivity contribution in [2.75, 3.05) is 7.11 Å². The van der Waals surface area contributed by atoms with Crippen LogP contribution in [0.15, 0.2) is 48.5 Å². The number of carbonyl (C=O) groups excluding carboxylic acids is 1. The van der Waals surface area contributed by atoms with Gasteiger partial charge in [-0.25, -0.2) is 0 Å². The Balaban J connectivity index is 2.17. The first-order valence-corrected chi connectivity index (χ1v) is 6.61. The summed E-state index contributed by atoms with van der Waals surface area (Å²) in [6.07, 6.45) is 2.06. The van der Waals surface area contributed by atoms with E-state index in [0.717, 1.165) is 23.2 Å². The number of carbonyl (C=O) groups is 1. The fourth-order valence-electron chi connectivity index (χ4n) is 2.03. The van der Waals surface area contributed by atoms with Gasteiger partial charge in [-0.1, -0.05) is 42.5 Å². The van der Waals surface area contributed by atoms with Crippen molar-refractivity contribution in [3.63, 3.8) is 0 Å². The Morgan fingerprint density at radius 1 is 1.05 bits per heavy atom. The first kappa shape index (κ1) is 14.1. The van der Waals surface area contributed by atoms with Crippen LogP contribution in [-0.2, 0) is 17.8 Å². The number of benzene rings is 2. The molecule has 0 saturated carbocycles. The smallest absolute Gasteiger partial charge is 0.164 e. The number of para-hydroxylation sites is 1. The molecule has 2 aromatic rings. The highest BCUT2D eigenvalue weighted by Crippen LogP contribution is 2.32. The number of rotatable bonds is 7. The van der Waals surface area contributed by atoms with Crippen LogP contribution in [0, 0.1) is 0 Å². The highest BCUT2D eigenvalue weighted by molar-refractivity contribution is 5.53. The monoisotopic (exact) mass is 270 g/mol. The van der Waals surface area contributed by atoms with Gasteiger partial charge in [0.25, 0.3) is 0 Å². The van der Waals surface area contributed by atoms with Crippen LogP contribution in [-0.4, -0.2) is 13.4 Å². The molecule has 2 rings (SSSR count). The molecule has 0 aliphatic carbocycles. The van der Waals surface area contributed by atoms with E-state index in [-0.39, 0.29) is 0 Å². The zero-order valence-corrected chi connectivity index (χ0v) is 11.5. The van der Waals surface area contributed by atoms with Crippen molar-refractivity contribution in [2.24, 2.45) is 0 Å². The molecule has 0 unspecified atom stereocenters. The Morgan fingerprint density at radius 2 is 1.85 bits per heavy atom. The third-order valence-electron chi connectivity index (χ3n) is 3.04. The van der Waals surface area contributed by atoms with Gasteiger partial charge >= 0.3 is 0 Å². The molecule has 3 nitrogen and oxygen atoms in total. The van der Waals surface area contributed by atoms with Crippen LogP contribution in [0.4, 0.5) is 0 Å². The first-order valence-electron chi connectivity index (χ1n) is 6.61. The van der Waals surface area contributed by atoms with Gasteiger partial charge in [-0.05, 0) is 23.6 Å². The van der Waals surface area contributed by atoms with Crippen LogP contribution >= 0.6 is 0 Å². The van der Waals surface area contributed by atoms with E-state index in [1.54, 1.807) is 7.11 Å². The van der Waals surface area contributed by atoms with Crippen molar-refractivity contribution < 1.29 is 14.3 Å². The van der Waals surface area contributed by atoms with E-state index < -0.39 is 0 Å². The Kier molecular flexibility index (Phi) is 5.18. The lowest BCUT2D eigenvalue weighted by Gasteiger charge is -2.14. The lowest BCUT2D eigenvalue weighted by Crippen LogP contribution is -2.01. The summed E-state index contributed by atoms with van der Waals surface area (Å²) in [5, 5.41) is 0. The molecule has 0 bridgehead atoms. The third-order valence-corrected chi connectivity index (χ3v) is 3.04. The maximum Gasteiger partial charge on any atom is 0.164 e. The van der Waals surface area contributed by atoms with Crippen LogP contribution in [0.1, 0.15) is 17.5 Å². The number of methoxy groups -OCH3 is 1. The predicted octanol–water partition coefficient (Wildman–Crippen LogP) is 3.41. The summed E-state index contributed by atoms with van der Waals surface area (Å²) in [7, 11) is 1.62. The van der Waals surface area contributed by atoms with Crippen molar-refractivity contribution in [3.8, 4) is 11.5 Å². The Hall–Kier alpha value is -2.29. The Morgan fingerprint density at radius 3 is 2.55 bits per heavy atom. The van der Waals surface area contributed by atoms with Crippen LogP contribution in [0.25, 0.3) is 0 Å². The molecule has 0 spiro atoms. The molecule has 2 aromatic carbocycles. The van der Waals surface area contributed by atoms with Crippen molar-refractivity contribution in [3.05, 3.63) is 59.7 Å². The molecular formula is C17H18O3. The number of aryl methyl sites for hydroxylation is 1. The van der Waals surface area contributed by atoms with E-state index in [2.05, 4.69) is 0 Å². The quantitative estimate of drug-likeness (QED) is 0.723. The van der Waals surface area contributed by atoms with Crippen LogP contribution < -0.4 is 9.47 Å². The molecule has 0 aliphatic heterocycles. The fraction of sp³-hybridized carbons (Fsp3) is 0.235. The molecule has 104 valence electrons. The van der Waals surface area contributed by atoms with Crippen LogP contribution in [0.2, 0.25) is 0 Å². The summed E-state index contributed by atoms with van der Waals surface area (Å²) in [5.74, 6) is 1.42. The predicted molar refractivity (Wildman–Crippen MR) is 78.2 cm³/mol. The van der Waals surface area contributed by atoms with Gasteiger partial charge in [0.1, 0.15) is 12.9 Å². The van der Waals surface area contributed by atoms with Gasteiger partial charge in [-0.3, -0.25) is 0 Å². The molecule has 0 saturated heterocycles. The molecule has 20 heavy (non-hydrogen) atoms. The molecule has 0 aliphatic rings. The van der Waals surface area contributed by atoms with Gasteiger partial charge in [-0.15, -0.1) is 0 Å². The van der Waals surface area contributed by atoms with Crippen molar-refractivity contribution in [1.82, 2.24) is 0 Å². The maximum absolute atomic E-state index is 10.6. The number of ether oxygens (including phenoxy) is 2. The second kappa shape index (κ2) is 7.34. The molecule has 0 radical (unpaired) electrons. The molecule has 0 heterocycles. The molecule has 0 atom stereocenters. The van der Waals surface area contributed by atoms with E-state index in [0.29, 0.717) is 25.2 Å². The van der Waals surface area contributed by atoms with E-state index in [1.165, 1.54) is 0 Å². The van der Waals surface area contributed by atoms with Crippen molar-refractivity contribution >= 4 is 6.29 Å². The summed E-state index contributed by atoms with van der Waals surface area (Å²) < 4.78 is 11.2. The second-order valence-electron chi connectivity index (χ2n) is 4.43. The lowest BCUT2D eigenvalue weighted by molar-refractivity contribution is -0.107. The Labute approximate surface area is 119 Å². The molecule has 3 heteroatoms. The molecular weight excluding hydrogens is 252 g/mol. The van der Waals surface area contributed by atoms with Gasteiger partial charge in [0.15, 0.2) is 11.5 Å². The summed E-state index contributed by atoms with van der Waals surface area (Å²) in [6.45, 7) is 0.481. The zero-order chi connectivity index (χ0) is 14.2. The average molecular weight is 270 g/mol. The number of aldehydes is 1. The van der Waals surface area contributed by atoms with Crippen molar-refractivity contribution in [1.29, 1.82) is 0 Å². The topological polar surface area (TPSA) is 35.5 Å². The highest BCUT2D eigenvalue weighted by Gasteiger charge is 2.10. The largest absolute Gasteiger partial charge is 0.493 e. The minimum Gasteiger partial charge on any atom is -0.493 e. The van der Waals surface area contributed by atoms with Gasteiger partial charge in [-0.2, -0.15) is 0 Å². The van der Waals surface area contributed by atoms with E-state index >= 15 is 0 Å². The summed E-state index contributed by atoms with van der Waals surface area (Å²) in [5.41, 5.74) is 2.09. The normalized spacial score (nSPS) is 10.1. The van der Waals surface area contributed by atoms with Gasteiger partial charge in [0.2, 0.25) is 0 Å². The Bertz CT molecular complexity index is 549. The molecule has 0 amide bonds. The second-order valence-corrected chi connectivity index (χ2v) is 4.43. The number of hydrogen-bond donors (Lipinski definition) is 0. The minimum atomic E-state index is 0.481. The fourth-order valence-corrected chi connectivity index (χ4v) is 2.03. The average Bonchev–Trinajstić information content (AvgIpc) is 2.52. The molecule has 0 N–H and O–H groups in total. The van der Waals surface area contributed by atoms with Gasteiger partial charge < -0.3 is 14.3 Å². The van der Waals surface area contributed by atoms with E-state index in [1.807, 2.05) is 48.5 Å². The summed E-state index contributed by atoms with van der Waals surface area (Å²) in [4.78, 5) is 10.6. The lowest BCUT2D eigenvalue weighted by atomic mass is 10.1. The summed E-state index contributed by atoms with van der Waals surface area (Å²) in [6, 6.07) is 15.7. The first-order chi connectivity index (χ1) is 9.85. The molecule has 0 aromatic heterocycles. The maximum atomic E-state index is 10.6. The van der Waals surface area contributed by atoms with Gasteiger partial charge in [0.05, 0.1) is 7.11 Å². The SMILES string of the molecule is COc1cccc(CCC=O)c1OCc1ccccc1. The van der Waals surface area contributed by atoms with Crippen LogP contribution in [0.5, 0.6) is 11.5 Å². The van der Waals surface area contributed by atoms with E-state index in [4.69, 9.17) is 9.47 Å². The zero-order valence-electron chi connectivity index (χ0n) is 11.5. The minimum absolute atomic E-state index is 0.481. The van der Waals surface area contributed by atoms with Crippen LogP contribution in [0.3, 0.4) is 0 Å². The highest BCUT2D eigenvalue weighted by atomic mass is 16.5. The summed E-state index contributed by atoms with van der Waals surface area (Å²) >= 11 is 0. The standard InChI is InChI=1S/C17H18O3/c1-19-16-11-5-9-15(10-6-12-18)17(16)20-13-14-7-3-2-4-8-14/h2-5,7-9,11-12H,6,10,13H2,1H3. The van der Waals surface area contributed by atoms with Gasteiger partial charge in [0, 0.05) is 6.42 Å².